The average Bonchev–Trinajstić information content (AvgIpc) is 2.80. The third-order valence-corrected chi connectivity index (χ3v) is 6.89. The molecule has 0 radical (unpaired) electrons. The number of aromatic nitrogens is 2. The molecule has 33 heavy (non-hydrogen) atoms. The molecular weight excluding hydrogens is 498 g/mol. The van der Waals surface area contributed by atoms with Crippen LogP contribution < -0.4 is 10.9 Å². The van der Waals surface area contributed by atoms with E-state index < -0.39 is 0 Å². The number of carbonyl (C=O) groups excluding carboxylic acids is 1. The van der Waals surface area contributed by atoms with Crippen LogP contribution in [0.1, 0.15) is 30.9 Å². The smallest absolute Gasteiger partial charge is 0.266 e. The molecule has 4 rings (SSSR count). The lowest BCUT2D eigenvalue weighted by Gasteiger charge is -2.14. The van der Waals surface area contributed by atoms with Gasteiger partial charge in [-0.05, 0) is 76.3 Å². The highest BCUT2D eigenvalue weighted by Crippen LogP contribution is 2.26. The molecule has 7 heteroatoms. The molecule has 0 saturated heterocycles. The highest BCUT2D eigenvalue weighted by Gasteiger charge is 2.15. The third kappa shape index (κ3) is 5.20. The minimum atomic E-state index is -0.173. The molecule has 0 aliphatic carbocycles. The lowest BCUT2D eigenvalue weighted by molar-refractivity contribution is -0.113. The van der Waals surface area contributed by atoms with Crippen molar-refractivity contribution in [1.82, 2.24) is 9.55 Å². The molecule has 1 amide bonds. The van der Waals surface area contributed by atoms with E-state index in [9.17, 15) is 9.59 Å². The Labute approximate surface area is 205 Å². The summed E-state index contributed by atoms with van der Waals surface area (Å²) in [6.07, 6.45) is 0. The molecule has 168 valence electrons. The highest BCUT2D eigenvalue weighted by molar-refractivity contribution is 9.10. The van der Waals surface area contributed by atoms with Crippen molar-refractivity contribution in [1.29, 1.82) is 0 Å². The molecule has 0 fully saturated rings. The highest BCUT2D eigenvalue weighted by atomic mass is 79.9. The van der Waals surface area contributed by atoms with Gasteiger partial charge in [-0.25, -0.2) is 4.98 Å². The molecule has 0 unspecified atom stereocenters. The van der Waals surface area contributed by atoms with E-state index in [4.69, 9.17) is 4.98 Å². The minimum Gasteiger partial charge on any atom is -0.324 e. The number of rotatable bonds is 6. The minimum absolute atomic E-state index is 0.120. The number of benzene rings is 3. The maximum absolute atomic E-state index is 13.4. The summed E-state index contributed by atoms with van der Waals surface area (Å²) in [4.78, 5) is 30.8. The lowest BCUT2D eigenvalue weighted by Crippen LogP contribution is -2.23. The van der Waals surface area contributed by atoms with Gasteiger partial charge in [-0.15, -0.1) is 0 Å². The summed E-state index contributed by atoms with van der Waals surface area (Å²) < 4.78 is 2.42. The quantitative estimate of drug-likeness (QED) is 0.238. The Morgan fingerprint density at radius 1 is 1.09 bits per heavy atom. The Morgan fingerprint density at radius 2 is 1.82 bits per heavy atom. The van der Waals surface area contributed by atoms with Crippen molar-refractivity contribution in [3.63, 3.8) is 0 Å². The largest absolute Gasteiger partial charge is 0.324 e. The summed E-state index contributed by atoms with van der Waals surface area (Å²) in [7, 11) is 0. The van der Waals surface area contributed by atoms with E-state index in [1.165, 1.54) is 17.3 Å². The van der Waals surface area contributed by atoms with Gasteiger partial charge in [0.25, 0.3) is 5.56 Å². The Hall–Kier alpha value is -2.90. The monoisotopic (exact) mass is 521 g/mol. The second kappa shape index (κ2) is 9.93. The first-order chi connectivity index (χ1) is 15.8. The van der Waals surface area contributed by atoms with Crippen LogP contribution in [-0.2, 0) is 4.79 Å². The summed E-state index contributed by atoms with van der Waals surface area (Å²) in [6, 6.07) is 20.9. The number of halogens is 1. The number of hydrogen-bond acceptors (Lipinski definition) is 4. The first kappa shape index (κ1) is 23.3. The number of aryl methyl sites for hydroxylation is 1. The number of amides is 1. The van der Waals surface area contributed by atoms with Crippen LogP contribution in [0.15, 0.2) is 81.2 Å². The normalized spacial score (nSPS) is 11.2. The van der Waals surface area contributed by atoms with Crippen LogP contribution in [0.25, 0.3) is 16.6 Å². The molecular formula is C26H24BrN3O2S. The van der Waals surface area contributed by atoms with Crippen LogP contribution in [0.5, 0.6) is 0 Å². The van der Waals surface area contributed by atoms with Crippen molar-refractivity contribution >= 4 is 50.2 Å². The van der Waals surface area contributed by atoms with Crippen LogP contribution in [0, 0.1) is 6.92 Å². The molecule has 3 aromatic carbocycles. The van der Waals surface area contributed by atoms with Crippen LogP contribution in [0.3, 0.4) is 0 Å². The molecule has 1 heterocycles. The van der Waals surface area contributed by atoms with E-state index in [1.54, 1.807) is 10.6 Å². The fraction of sp³-hybridized carbons (Fsp3) is 0.192. The lowest BCUT2D eigenvalue weighted by atomic mass is 10.0. The molecule has 5 nitrogen and oxygen atoms in total. The first-order valence-corrected chi connectivity index (χ1v) is 12.4. The maximum atomic E-state index is 13.4. The van der Waals surface area contributed by atoms with Crippen LogP contribution in [-0.4, -0.2) is 21.2 Å². The molecule has 0 atom stereocenters. The molecule has 0 saturated carbocycles. The summed E-state index contributed by atoms with van der Waals surface area (Å²) >= 11 is 4.73. The zero-order valence-electron chi connectivity index (χ0n) is 18.6. The zero-order valence-corrected chi connectivity index (χ0v) is 21.0. The number of fused-ring (bicyclic) bond motifs is 1. The summed E-state index contributed by atoms with van der Waals surface area (Å²) in [5, 5.41) is 3.94. The van der Waals surface area contributed by atoms with Crippen molar-refractivity contribution in [2.24, 2.45) is 0 Å². The standard InChI is InChI=1S/C26H24BrN3O2S/c1-16(2)18-9-11-19(12-10-18)30-25(32)20-6-4-5-7-22(20)29-26(30)33-15-24(31)28-23-13-8-17(3)14-21(23)27/h4-14,16H,15H2,1-3H3,(H,28,31). The van der Waals surface area contributed by atoms with Gasteiger partial charge in [0.1, 0.15) is 0 Å². The fourth-order valence-electron chi connectivity index (χ4n) is 3.48. The van der Waals surface area contributed by atoms with Crippen molar-refractivity contribution in [2.75, 3.05) is 11.1 Å². The number of hydrogen-bond donors (Lipinski definition) is 1. The van der Waals surface area contributed by atoms with Gasteiger partial charge in [-0.3, -0.25) is 14.2 Å². The van der Waals surface area contributed by atoms with Gasteiger partial charge in [0.2, 0.25) is 5.91 Å². The number of anilines is 1. The fourth-order valence-corrected chi connectivity index (χ4v) is 4.89. The molecule has 1 aromatic heterocycles. The van der Waals surface area contributed by atoms with Crippen LogP contribution >= 0.6 is 27.7 Å². The Morgan fingerprint density at radius 3 is 2.52 bits per heavy atom. The first-order valence-electron chi connectivity index (χ1n) is 10.6. The number of thioether (sulfide) groups is 1. The molecule has 1 N–H and O–H groups in total. The van der Waals surface area contributed by atoms with Gasteiger partial charge in [0.05, 0.1) is 28.0 Å². The Bertz CT molecular complexity index is 1380. The van der Waals surface area contributed by atoms with Gasteiger partial charge in [-0.1, -0.05) is 55.9 Å². The summed E-state index contributed by atoms with van der Waals surface area (Å²) in [5.74, 6) is 0.340. The third-order valence-electron chi connectivity index (χ3n) is 5.29. The van der Waals surface area contributed by atoms with Gasteiger partial charge in [-0.2, -0.15) is 0 Å². The van der Waals surface area contributed by atoms with Gasteiger partial charge in [0.15, 0.2) is 5.16 Å². The van der Waals surface area contributed by atoms with E-state index in [1.807, 2.05) is 67.6 Å². The van der Waals surface area contributed by atoms with E-state index in [2.05, 4.69) is 35.1 Å². The van der Waals surface area contributed by atoms with E-state index in [0.29, 0.717) is 27.7 Å². The topological polar surface area (TPSA) is 64.0 Å². The number of para-hydroxylation sites is 1. The van der Waals surface area contributed by atoms with Crippen LogP contribution in [0.2, 0.25) is 0 Å². The average molecular weight is 522 g/mol. The number of nitrogens with zero attached hydrogens (tertiary/aromatic N) is 2. The van der Waals surface area contributed by atoms with Gasteiger partial charge < -0.3 is 5.32 Å². The predicted octanol–water partition coefficient (Wildman–Crippen LogP) is 6.31. The Kier molecular flexibility index (Phi) is 7.00. The number of nitrogens with one attached hydrogen (secondary N) is 1. The molecule has 0 bridgehead atoms. The van der Waals surface area contributed by atoms with E-state index in [0.717, 1.165) is 15.7 Å². The Balaban J connectivity index is 1.66. The van der Waals surface area contributed by atoms with Gasteiger partial charge in [0, 0.05) is 4.47 Å². The van der Waals surface area contributed by atoms with E-state index in [-0.39, 0.29) is 17.2 Å². The molecule has 4 aromatic rings. The van der Waals surface area contributed by atoms with Crippen molar-refractivity contribution < 1.29 is 4.79 Å². The zero-order chi connectivity index (χ0) is 23.5. The van der Waals surface area contributed by atoms with E-state index >= 15 is 0 Å². The maximum Gasteiger partial charge on any atom is 0.266 e. The van der Waals surface area contributed by atoms with Crippen molar-refractivity contribution in [3.8, 4) is 5.69 Å². The summed E-state index contributed by atoms with van der Waals surface area (Å²) in [6.45, 7) is 6.25. The SMILES string of the molecule is Cc1ccc(NC(=O)CSc2nc3ccccc3c(=O)n2-c2ccc(C(C)C)cc2)c(Br)c1. The van der Waals surface area contributed by atoms with Gasteiger partial charge >= 0.3 is 0 Å². The second-order valence-electron chi connectivity index (χ2n) is 8.12. The predicted molar refractivity (Wildman–Crippen MR) is 140 cm³/mol. The van der Waals surface area contributed by atoms with Crippen LogP contribution in [0.4, 0.5) is 5.69 Å². The molecule has 0 aliphatic heterocycles. The molecule has 0 spiro atoms. The molecule has 0 aliphatic rings. The van der Waals surface area contributed by atoms with Crippen molar-refractivity contribution in [3.05, 3.63) is 92.7 Å². The second-order valence-corrected chi connectivity index (χ2v) is 9.92. The summed E-state index contributed by atoms with van der Waals surface area (Å²) in [5.41, 5.74) is 4.19. The number of carbonyl (C=O) groups is 1. The van der Waals surface area contributed by atoms with Crippen molar-refractivity contribution in [2.45, 2.75) is 31.8 Å².